The third-order valence-corrected chi connectivity index (χ3v) is 5.27. The summed E-state index contributed by atoms with van der Waals surface area (Å²) in [6.07, 6.45) is -4.64. The van der Waals surface area contributed by atoms with Crippen molar-refractivity contribution in [2.24, 2.45) is 5.73 Å². The summed E-state index contributed by atoms with van der Waals surface area (Å²) >= 11 is 0. The maximum absolute atomic E-state index is 13.2. The molecule has 0 spiro atoms. The van der Waals surface area contributed by atoms with Gasteiger partial charge in [0, 0.05) is 12.6 Å². The summed E-state index contributed by atoms with van der Waals surface area (Å²) < 4.78 is 70.5. The molecule has 150 valence electrons. The number of nitrogens with zero attached hydrogens (tertiary/aromatic N) is 1. The van der Waals surface area contributed by atoms with E-state index in [1.165, 1.54) is 56.6 Å². The molecule has 0 unspecified atom stereocenters. The van der Waals surface area contributed by atoms with Gasteiger partial charge in [0.05, 0.1) is 10.5 Å². The van der Waals surface area contributed by atoms with Crippen molar-refractivity contribution in [3.05, 3.63) is 60.2 Å². The standard InChI is InChI=1S/C17H13F3N2O3S.CH5N/c1-21-15-16(26(23,24)11-7-3-2-4-8-11)22-14(25-15)12-9-5-6-10-13(12)17(18,19)20;1-2/h2-10,21H,1H3;2H2,1H3. The fraction of sp³-hybridized carbons (Fsp3) is 0.167. The first-order valence-corrected chi connectivity index (χ1v) is 9.46. The van der Waals surface area contributed by atoms with Crippen molar-refractivity contribution in [2.45, 2.75) is 16.1 Å². The third-order valence-electron chi connectivity index (χ3n) is 3.59. The predicted molar refractivity (Wildman–Crippen MR) is 98.5 cm³/mol. The molecule has 0 saturated carbocycles. The smallest absolute Gasteiger partial charge is 0.417 e. The quantitative estimate of drug-likeness (QED) is 0.675. The van der Waals surface area contributed by atoms with Crippen molar-refractivity contribution in [2.75, 3.05) is 19.4 Å². The molecule has 6 nitrogen and oxygen atoms in total. The van der Waals surface area contributed by atoms with Crippen LogP contribution in [0, 0.1) is 0 Å². The van der Waals surface area contributed by atoms with E-state index in [1.807, 2.05) is 0 Å². The minimum absolute atomic E-state index is 0.0412. The second-order valence-electron chi connectivity index (χ2n) is 5.26. The summed E-state index contributed by atoms with van der Waals surface area (Å²) in [6.45, 7) is 0. The van der Waals surface area contributed by atoms with Crippen LogP contribution in [0.2, 0.25) is 0 Å². The molecule has 10 heteroatoms. The van der Waals surface area contributed by atoms with Crippen LogP contribution in [0.3, 0.4) is 0 Å². The van der Waals surface area contributed by atoms with Gasteiger partial charge in [-0.3, -0.25) is 0 Å². The molecule has 0 aliphatic rings. The van der Waals surface area contributed by atoms with Gasteiger partial charge in [-0.25, -0.2) is 8.42 Å². The Labute approximate surface area is 160 Å². The average molecular weight is 413 g/mol. The molecule has 0 amide bonds. The number of hydrogen-bond donors (Lipinski definition) is 2. The Balaban J connectivity index is 0.00000136. The van der Waals surface area contributed by atoms with Gasteiger partial charge in [0.25, 0.3) is 0 Å². The topological polar surface area (TPSA) is 98.2 Å². The number of anilines is 1. The largest absolute Gasteiger partial charge is 0.419 e. The highest BCUT2D eigenvalue weighted by molar-refractivity contribution is 7.91. The molecular weight excluding hydrogens is 395 g/mol. The first kappa shape index (κ1) is 21.5. The molecule has 0 fully saturated rings. The Kier molecular flexibility index (Phi) is 6.47. The molecule has 0 saturated heterocycles. The Morgan fingerprint density at radius 3 is 2.14 bits per heavy atom. The molecule has 0 aliphatic heterocycles. The van der Waals surface area contributed by atoms with Crippen molar-refractivity contribution in [3.8, 4) is 11.5 Å². The lowest BCUT2D eigenvalue weighted by molar-refractivity contribution is -0.137. The molecule has 0 bridgehead atoms. The molecule has 0 radical (unpaired) electrons. The monoisotopic (exact) mass is 413 g/mol. The molecule has 28 heavy (non-hydrogen) atoms. The zero-order valence-electron chi connectivity index (χ0n) is 15.0. The van der Waals surface area contributed by atoms with Crippen LogP contribution in [0.25, 0.3) is 11.5 Å². The zero-order chi connectivity index (χ0) is 20.9. The number of nitrogens with one attached hydrogen (secondary N) is 1. The molecule has 3 N–H and O–H groups in total. The Morgan fingerprint density at radius 2 is 1.57 bits per heavy atom. The van der Waals surface area contributed by atoms with Crippen LogP contribution >= 0.6 is 0 Å². The van der Waals surface area contributed by atoms with E-state index in [1.54, 1.807) is 6.07 Å². The van der Waals surface area contributed by atoms with Crippen molar-refractivity contribution in [1.29, 1.82) is 0 Å². The van der Waals surface area contributed by atoms with Crippen molar-refractivity contribution >= 4 is 15.7 Å². The number of oxazole rings is 1. The van der Waals surface area contributed by atoms with E-state index in [9.17, 15) is 21.6 Å². The SMILES string of the molecule is CN.CNc1oc(-c2ccccc2C(F)(F)F)nc1S(=O)(=O)c1ccccc1. The number of halogens is 3. The van der Waals surface area contributed by atoms with E-state index in [4.69, 9.17) is 4.42 Å². The lowest BCUT2D eigenvalue weighted by Gasteiger charge is -2.09. The summed E-state index contributed by atoms with van der Waals surface area (Å²) in [6, 6.07) is 12.1. The van der Waals surface area contributed by atoms with E-state index in [0.717, 1.165) is 6.07 Å². The first-order chi connectivity index (χ1) is 13.2. The minimum Gasteiger partial charge on any atom is -0.419 e. The summed E-state index contributed by atoms with van der Waals surface area (Å²) in [5.41, 5.74) is 3.19. The van der Waals surface area contributed by atoms with E-state index >= 15 is 0 Å². The Morgan fingerprint density at radius 1 is 1.00 bits per heavy atom. The highest BCUT2D eigenvalue weighted by atomic mass is 32.2. The van der Waals surface area contributed by atoms with E-state index in [2.05, 4.69) is 16.0 Å². The molecule has 0 aliphatic carbocycles. The van der Waals surface area contributed by atoms with Crippen LogP contribution in [0.15, 0.2) is 68.9 Å². The number of alkyl halides is 3. The number of benzene rings is 2. The van der Waals surface area contributed by atoms with Gasteiger partial charge in [-0.05, 0) is 31.3 Å². The number of rotatable bonds is 4. The second kappa shape index (κ2) is 8.44. The van der Waals surface area contributed by atoms with Crippen LogP contribution in [0.5, 0.6) is 0 Å². The van der Waals surface area contributed by atoms with E-state index < -0.39 is 32.5 Å². The Hall–Kier alpha value is -2.85. The summed E-state index contributed by atoms with van der Waals surface area (Å²) in [5.74, 6) is -0.669. The fourth-order valence-corrected chi connectivity index (χ4v) is 3.72. The predicted octanol–water partition coefficient (Wildman–Crippen LogP) is 3.81. The Bertz CT molecular complexity index is 1030. The number of hydrogen-bond acceptors (Lipinski definition) is 6. The van der Waals surface area contributed by atoms with Gasteiger partial charge in [-0.2, -0.15) is 18.2 Å². The maximum atomic E-state index is 13.2. The van der Waals surface area contributed by atoms with Gasteiger partial charge in [-0.15, -0.1) is 0 Å². The van der Waals surface area contributed by atoms with Gasteiger partial charge >= 0.3 is 6.18 Å². The highest BCUT2D eigenvalue weighted by Crippen LogP contribution is 2.39. The number of aromatic nitrogens is 1. The molecule has 1 heterocycles. The highest BCUT2D eigenvalue weighted by Gasteiger charge is 2.36. The van der Waals surface area contributed by atoms with Crippen LogP contribution < -0.4 is 11.1 Å². The maximum Gasteiger partial charge on any atom is 0.417 e. The van der Waals surface area contributed by atoms with Crippen molar-refractivity contribution in [1.82, 2.24) is 4.98 Å². The van der Waals surface area contributed by atoms with E-state index in [0.29, 0.717) is 0 Å². The normalized spacial score (nSPS) is 11.5. The van der Waals surface area contributed by atoms with Gasteiger partial charge in [-0.1, -0.05) is 30.3 Å². The number of nitrogens with two attached hydrogens (primary N) is 1. The molecule has 3 rings (SSSR count). The lowest BCUT2D eigenvalue weighted by Crippen LogP contribution is -2.07. The molecule has 2 aromatic carbocycles. The van der Waals surface area contributed by atoms with Gasteiger partial charge in [0.1, 0.15) is 0 Å². The van der Waals surface area contributed by atoms with Crippen LogP contribution in [-0.2, 0) is 16.0 Å². The van der Waals surface area contributed by atoms with Gasteiger partial charge < -0.3 is 15.5 Å². The average Bonchev–Trinajstić information content (AvgIpc) is 3.15. The first-order valence-electron chi connectivity index (χ1n) is 7.98. The third kappa shape index (κ3) is 4.18. The van der Waals surface area contributed by atoms with Crippen molar-refractivity contribution in [3.63, 3.8) is 0 Å². The van der Waals surface area contributed by atoms with Crippen molar-refractivity contribution < 1.29 is 26.0 Å². The second-order valence-corrected chi connectivity index (χ2v) is 7.13. The number of sulfone groups is 1. The molecule has 3 aromatic rings. The molecule has 0 atom stereocenters. The summed E-state index contributed by atoms with van der Waals surface area (Å²) in [7, 11) is -1.17. The van der Waals surface area contributed by atoms with E-state index in [-0.39, 0.29) is 16.3 Å². The molecule has 1 aromatic heterocycles. The van der Waals surface area contributed by atoms with Gasteiger partial charge in [0.2, 0.25) is 26.6 Å². The minimum atomic E-state index is -4.64. The van der Waals surface area contributed by atoms with Crippen LogP contribution in [0.4, 0.5) is 19.1 Å². The lowest BCUT2D eigenvalue weighted by atomic mass is 10.1. The van der Waals surface area contributed by atoms with Gasteiger partial charge in [0.15, 0.2) is 0 Å². The summed E-state index contributed by atoms with van der Waals surface area (Å²) in [4.78, 5) is 3.82. The fourth-order valence-electron chi connectivity index (χ4n) is 2.39. The molecular formula is C18H18F3N3O3S. The zero-order valence-corrected chi connectivity index (χ0v) is 15.8. The van der Waals surface area contributed by atoms with Crippen LogP contribution in [0.1, 0.15) is 5.56 Å². The van der Waals surface area contributed by atoms with Crippen LogP contribution in [-0.4, -0.2) is 27.5 Å². The summed E-state index contributed by atoms with van der Waals surface area (Å²) in [5, 5.41) is 2.06.